The van der Waals surface area contributed by atoms with E-state index in [0.717, 1.165) is 12.1 Å². The van der Waals surface area contributed by atoms with Crippen LogP contribution in [0, 0.1) is 5.82 Å². The van der Waals surface area contributed by atoms with E-state index >= 15 is 0 Å². The first-order valence-corrected chi connectivity index (χ1v) is 6.70. The van der Waals surface area contributed by atoms with Crippen LogP contribution < -0.4 is 5.73 Å². The molecule has 3 N–H and O–H groups in total. The van der Waals surface area contributed by atoms with Crippen molar-refractivity contribution in [2.75, 3.05) is 5.73 Å². The van der Waals surface area contributed by atoms with E-state index in [4.69, 9.17) is 5.73 Å². The molecular weight excluding hydrogens is 355 g/mol. The van der Waals surface area contributed by atoms with Crippen LogP contribution in [0.3, 0.4) is 0 Å². The summed E-state index contributed by atoms with van der Waals surface area (Å²) in [5.74, 6) is -1.45. The average molecular weight is 363 g/mol. The Labute approximate surface area is 135 Å². The molecule has 0 bridgehead atoms. The van der Waals surface area contributed by atoms with Crippen LogP contribution in [0.25, 0.3) is 22.4 Å². The van der Waals surface area contributed by atoms with Gasteiger partial charge in [-0.05, 0) is 30.3 Å². The number of rotatable bonds is 1. The van der Waals surface area contributed by atoms with E-state index in [1.54, 1.807) is 0 Å². The molecule has 3 rings (SSSR count). The van der Waals surface area contributed by atoms with Gasteiger partial charge in [-0.1, -0.05) is 0 Å². The van der Waals surface area contributed by atoms with Crippen molar-refractivity contribution in [2.24, 2.45) is 0 Å². The molecule has 0 spiro atoms. The van der Waals surface area contributed by atoms with Crippen molar-refractivity contribution in [2.45, 2.75) is 12.4 Å². The molecule has 3 nitrogen and oxygen atoms in total. The summed E-state index contributed by atoms with van der Waals surface area (Å²) in [5.41, 5.74) is 2.56. The molecule has 25 heavy (non-hydrogen) atoms. The minimum absolute atomic E-state index is 0.0395. The van der Waals surface area contributed by atoms with Crippen molar-refractivity contribution in [3.05, 3.63) is 47.3 Å². The largest absolute Gasteiger partial charge is 0.416 e. The Morgan fingerprint density at radius 1 is 0.880 bits per heavy atom. The van der Waals surface area contributed by atoms with Gasteiger partial charge in [0.1, 0.15) is 17.2 Å². The van der Waals surface area contributed by atoms with Gasteiger partial charge in [0, 0.05) is 0 Å². The second-order valence-electron chi connectivity index (χ2n) is 5.24. The lowest BCUT2D eigenvalue weighted by Crippen LogP contribution is -2.05. The summed E-state index contributed by atoms with van der Waals surface area (Å²) in [7, 11) is 0. The maximum atomic E-state index is 14.0. The first-order valence-electron chi connectivity index (χ1n) is 6.70. The average Bonchev–Trinajstić information content (AvgIpc) is 2.89. The van der Waals surface area contributed by atoms with E-state index in [-0.39, 0.29) is 34.2 Å². The van der Waals surface area contributed by atoms with Gasteiger partial charge in [0.25, 0.3) is 0 Å². The van der Waals surface area contributed by atoms with Crippen LogP contribution in [0.2, 0.25) is 0 Å². The summed E-state index contributed by atoms with van der Waals surface area (Å²) < 4.78 is 90.1. The number of nitrogen functional groups attached to an aromatic ring is 1. The van der Waals surface area contributed by atoms with Crippen LogP contribution in [0.15, 0.2) is 30.3 Å². The molecule has 0 amide bonds. The Hall–Kier alpha value is -2.78. The molecule has 0 saturated carbocycles. The Morgan fingerprint density at radius 3 is 2.08 bits per heavy atom. The van der Waals surface area contributed by atoms with Gasteiger partial charge >= 0.3 is 12.4 Å². The highest BCUT2D eigenvalue weighted by Crippen LogP contribution is 2.36. The smallest absolute Gasteiger partial charge is 0.397 e. The molecule has 0 atom stereocenters. The van der Waals surface area contributed by atoms with Crippen LogP contribution in [0.1, 0.15) is 11.1 Å². The minimum atomic E-state index is -4.72. The van der Waals surface area contributed by atoms with Crippen LogP contribution >= 0.6 is 0 Å². The molecule has 2 aromatic carbocycles. The topological polar surface area (TPSA) is 54.7 Å². The van der Waals surface area contributed by atoms with E-state index in [9.17, 15) is 30.7 Å². The summed E-state index contributed by atoms with van der Waals surface area (Å²) in [6.07, 6.45) is -9.37. The summed E-state index contributed by atoms with van der Waals surface area (Å²) in [6, 6.07) is 3.19. The number of imidazole rings is 1. The lowest BCUT2D eigenvalue weighted by molar-refractivity contribution is -0.138. The number of hydrogen-bond acceptors (Lipinski definition) is 2. The molecule has 0 fully saturated rings. The van der Waals surface area contributed by atoms with Gasteiger partial charge < -0.3 is 10.7 Å². The number of nitrogens with one attached hydrogen (secondary N) is 1. The first-order chi connectivity index (χ1) is 11.5. The van der Waals surface area contributed by atoms with E-state index in [1.807, 2.05) is 0 Å². The van der Waals surface area contributed by atoms with Gasteiger partial charge in [0.2, 0.25) is 0 Å². The number of halogens is 7. The highest BCUT2D eigenvalue weighted by atomic mass is 19.4. The normalized spacial score (nSPS) is 12.8. The highest BCUT2D eigenvalue weighted by Gasteiger charge is 2.33. The van der Waals surface area contributed by atoms with E-state index < -0.39 is 29.3 Å². The number of alkyl halides is 6. The second-order valence-corrected chi connectivity index (χ2v) is 5.24. The van der Waals surface area contributed by atoms with E-state index in [0.29, 0.717) is 12.1 Å². The van der Waals surface area contributed by atoms with Crippen LogP contribution in [0.4, 0.5) is 36.4 Å². The monoisotopic (exact) mass is 363 g/mol. The van der Waals surface area contributed by atoms with Crippen molar-refractivity contribution >= 4 is 16.7 Å². The van der Waals surface area contributed by atoms with Gasteiger partial charge in [-0.15, -0.1) is 0 Å². The summed E-state index contributed by atoms with van der Waals surface area (Å²) in [4.78, 5) is 6.34. The number of aromatic amines is 1. The molecule has 1 heterocycles. The van der Waals surface area contributed by atoms with Gasteiger partial charge in [0.05, 0.1) is 27.9 Å². The second kappa shape index (κ2) is 5.36. The Kier molecular flexibility index (Phi) is 3.66. The molecular formula is C15H8F7N3. The standard InChI is InChI=1S/C15H8F7N3/c16-9-3-6(14(17,18)19)1-2-8(9)13-24-11-5-7(15(20,21)22)4-10(23)12(11)25-13/h1-5H,23H2,(H,24,25). The third kappa shape index (κ3) is 3.11. The zero-order valence-corrected chi connectivity index (χ0v) is 12.1. The summed E-state index contributed by atoms with van der Waals surface area (Å²) >= 11 is 0. The molecule has 0 radical (unpaired) electrons. The molecule has 1 aromatic heterocycles. The number of anilines is 1. The zero-order valence-electron chi connectivity index (χ0n) is 12.1. The molecule has 10 heteroatoms. The molecule has 3 aromatic rings. The molecule has 132 valence electrons. The molecule has 0 aliphatic carbocycles. The lowest BCUT2D eigenvalue weighted by Gasteiger charge is -2.07. The van der Waals surface area contributed by atoms with Gasteiger partial charge in [-0.2, -0.15) is 26.3 Å². The number of nitrogens with zero attached hydrogens (tertiary/aromatic N) is 1. The number of H-pyrrole nitrogens is 1. The fourth-order valence-electron chi connectivity index (χ4n) is 2.32. The lowest BCUT2D eigenvalue weighted by atomic mass is 10.1. The maximum Gasteiger partial charge on any atom is 0.416 e. The van der Waals surface area contributed by atoms with Crippen molar-refractivity contribution in [1.82, 2.24) is 9.97 Å². The molecule has 0 unspecified atom stereocenters. The summed E-state index contributed by atoms with van der Waals surface area (Å²) in [6.45, 7) is 0. The molecule has 0 aliphatic rings. The minimum Gasteiger partial charge on any atom is -0.397 e. The van der Waals surface area contributed by atoms with Gasteiger partial charge in [-0.25, -0.2) is 9.37 Å². The summed E-state index contributed by atoms with van der Waals surface area (Å²) in [5, 5.41) is 0. The predicted molar refractivity (Wildman–Crippen MR) is 75.9 cm³/mol. The van der Waals surface area contributed by atoms with E-state index in [1.165, 1.54) is 0 Å². The van der Waals surface area contributed by atoms with Crippen molar-refractivity contribution < 1.29 is 30.7 Å². The molecule has 0 saturated heterocycles. The van der Waals surface area contributed by atoms with Crippen molar-refractivity contribution in [3.8, 4) is 11.4 Å². The maximum absolute atomic E-state index is 14.0. The van der Waals surface area contributed by atoms with Crippen molar-refractivity contribution in [1.29, 1.82) is 0 Å². The fourth-order valence-corrected chi connectivity index (χ4v) is 2.32. The number of fused-ring (bicyclic) bond motifs is 1. The highest BCUT2D eigenvalue weighted by molar-refractivity contribution is 5.90. The van der Waals surface area contributed by atoms with Crippen LogP contribution in [-0.4, -0.2) is 9.97 Å². The van der Waals surface area contributed by atoms with Crippen molar-refractivity contribution in [3.63, 3.8) is 0 Å². The third-order valence-corrected chi connectivity index (χ3v) is 3.49. The Balaban J connectivity index is 2.13. The third-order valence-electron chi connectivity index (χ3n) is 3.49. The number of hydrogen-bond donors (Lipinski definition) is 2. The fraction of sp³-hybridized carbons (Fsp3) is 0.133. The number of nitrogens with two attached hydrogens (primary N) is 1. The van der Waals surface area contributed by atoms with E-state index in [2.05, 4.69) is 9.97 Å². The number of aromatic nitrogens is 2. The quantitative estimate of drug-likeness (QED) is 0.473. The van der Waals surface area contributed by atoms with Gasteiger partial charge in [-0.3, -0.25) is 0 Å². The first kappa shape index (κ1) is 17.1. The van der Waals surface area contributed by atoms with Crippen LogP contribution in [0.5, 0.6) is 0 Å². The predicted octanol–water partition coefficient (Wildman–Crippen LogP) is 4.99. The van der Waals surface area contributed by atoms with Crippen LogP contribution in [-0.2, 0) is 12.4 Å². The number of benzene rings is 2. The zero-order chi connectivity index (χ0) is 18.6. The molecule has 0 aliphatic heterocycles. The Bertz CT molecular complexity index is 954. The Morgan fingerprint density at radius 2 is 1.52 bits per heavy atom. The SMILES string of the molecule is Nc1cc(C(F)(F)F)cc2[nH]c(-c3ccc(C(F)(F)F)cc3F)nc12. The van der Waals surface area contributed by atoms with Gasteiger partial charge in [0.15, 0.2) is 0 Å².